The summed E-state index contributed by atoms with van der Waals surface area (Å²) in [5, 5.41) is 9.25. The first-order valence-electron chi connectivity index (χ1n) is 6.00. The molecule has 0 radical (unpaired) electrons. The molecule has 0 aromatic heterocycles. The van der Waals surface area contributed by atoms with Crippen LogP contribution in [0.25, 0.3) is 0 Å². The molecule has 1 unspecified atom stereocenters. The SMILES string of the molecule is NCC1CCCC(=O)N(c2ccc(O)cc2)C1. The molecule has 1 amide bonds. The Bertz CT molecular complexity index is 389. The van der Waals surface area contributed by atoms with Gasteiger partial charge in [-0.3, -0.25) is 4.79 Å². The molecule has 2 rings (SSSR count). The van der Waals surface area contributed by atoms with Gasteiger partial charge in [0, 0.05) is 18.7 Å². The van der Waals surface area contributed by atoms with E-state index in [1.807, 2.05) is 0 Å². The number of hydrogen-bond donors (Lipinski definition) is 2. The first-order chi connectivity index (χ1) is 8.20. The summed E-state index contributed by atoms with van der Waals surface area (Å²) in [5.41, 5.74) is 6.55. The third-order valence-corrected chi connectivity index (χ3v) is 3.24. The Hall–Kier alpha value is -1.55. The Kier molecular flexibility index (Phi) is 3.64. The van der Waals surface area contributed by atoms with Crippen molar-refractivity contribution in [1.82, 2.24) is 0 Å². The number of benzene rings is 1. The molecule has 1 atom stereocenters. The predicted octanol–water partition coefficient (Wildman–Crippen LogP) is 1.48. The zero-order valence-corrected chi connectivity index (χ0v) is 9.80. The summed E-state index contributed by atoms with van der Waals surface area (Å²) >= 11 is 0. The van der Waals surface area contributed by atoms with Gasteiger partial charge in [-0.1, -0.05) is 0 Å². The fraction of sp³-hybridized carbons (Fsp3) is 0.462. The monoisotopic (exact) mass is 234 g/mol. The number of carbonyl (C=O) groups excluding carboxylic acids is 1. The Balaban J connectivity index is 2.21. The van der Waals surface area contributed by atoms with Crippen molar-refractivity contribution in [1.29, 1.82) is 0 Å². The third kappa shape index (κ3) is 2.77. The van der Waals surface area contributed by atoms with E-state index >= 15 is 0 Å². The summed E-state index contributed by atoms with van der Waals surface area (Å²) in [6.07, 6.45) is 2.50. The number of aromatic hydroxyl groups is 1. The second-order valence-electron chi connectivity index (χ2n) is 4.51. The zero-order valence-electron chi connectivity index (χ0n) is 9.80. The molecule has 17 heavy (non-hydrogen) atoms. The molecule has 1 saturated heterocycles. The van der Waals surface area contributed by atoms with Gasteiger partial charge in [0.1, 0.15) is 5.75 Å². The zero-order chi connectivity index (χ0) is 12.3. The fourth-order valence-corrected chi connectivity index (χ4v) is 2.20. The molecule has 1 aromatic rings. The lowest BCUT2D eigenvalue weighted by Crippen LogP contribution is -2.35. The van der Waals surface area contributed by atoms with Gasteiger partial charge in [0.25, 0.3) is 0 Å². The van der Waals surface area contributed by atoms with Crippen LogP contribution in [-0.2, 0) is 4.79 Å². The summed E-state index contributed by atoms with van der Waals surface area (Å²) in [5.74, 6) is 0.730. The molecule has 1 fully saturated rings. The standard InChI is InChI=1S/C13H18N2O2/c14-8-10-2-1-3-13(17)15(9-10)11-4-6-12(16)7-5-11/h4-7,10,16H,1-3,8-9,14H2. The average molecular weight is 234 g/mol. The topological polar surface area (TPSA) is 66.6 Å². The number of amides is 1. The maximum atomic E-state index is 12.0. The maximum Gasteiger partial charge on any atom is 0.226 e. The summed E-state index contributed by atoms with van der Waals surface area (Å²) in [6, 6.07) is 6.74. The van der Waals surface area contributed by atoms with Gasteiger partial charge >= 0.3 is 0 Å². The van der Waals surface area contributed by atoms with Crippen molar-refractivity contribution in [3.63, 3.8) is 0 Å². The van der Waals surface area contributed by atoms with Gasteiger partial charge in [-0.15, -0.1) is 0 Å². The minimum Gasteiger partial charge on any atom is -0.508 e. The van der Waals surface area contributed by atoms with E-state index in [1.54, 1.807) is 29.2 Å². The molecule has 4 heteroatoms. The van der Waals surface area contributed by atoms with Gasteiger partial charge in [0.15, 0.2) is 0 Å². The normalized spacial score (nSPS) is 21.4. The highest BCUT2D eigenvalue weighted by molar-refractivity contribution is 5.93. The van der Waals surface area contributed by atoms with Crippen LogP contribution >= 0.6 is 0 Å². The van der Waals surface area contributed by atoms with E-state index in [-0.39, 0.29) is 11.7 Å². The summed E-state index contributed by atoms with van der Waals surface area (Å²) in [6.45, 7) is 1.29. The number of rotatable bonds is 2. The lowest BCUT2D eigenvalue weighted by atomic mass is 10.0. The van der Waals surface area contributed by atoms with Crippen molar-refractivity contribution in [2.24, 2.45) is 11.7 Å². The largest absolute Gasteiger partial charge is 0.508 e. The smallest absolute Gasteiger partial charge is 0.226 e. The minimum absolute atomic E-state index is 0.145. The Morgan fingerprint density at radius 3 is 2.71 bits per heavy atom. The highest BCUT2D eigenvalue weighted by Gasteiger charge is 2.23. The first kappa shape index (κ1) is 11.9. The Morgan fingerprint density at radius 2 is 2.06 bits per heavy atom. The van der Waals surface area contributed by atoms with E-state index in [9.17, 15) is 9.90 Å². The Morgan fingerprint density at radius 1 is 1.35 bits per heavy atom. The molecule has 0 aliphatic carbocycles. The van der Waals surface area contributed by atoms with Crippen molar-refractivity contribution in [2.45, 2.75) is 19.3 Å². The molecule has 1 aliphatic rings. The number of carbonyl (C=O) groups is 1. The highest BCUT2D eigenvalue weighted by atomic mass is 16.3. The fourth-order valence-electron chi connectivity index (χ4n) is 2.20. The van der Waals surface area contributed by atoms with Crippen LogP contribution in [0, 0.1) is 5.92 Å². The number of nitrogens with two attached hydrogens (primary N) is 1. The van der Waals surface area contributed by atoms with Crippen LogP contribution in [0.1, 0.15) is 19.3 Å². The molecule has 4 nitrogen and oxygen atoms in total. The van der Waals surface area contributed by atoms with Crippen LogP contribution in [0.15, 0.2) is 24.3 Å². The van der Waals surface area contributed by atoms with Gasteiger partial charge in [0.2, 0.25) is 5.91 Å². The van der Waals surface area contributed by atoms with Gasteiger partial charge in [-0.2, -0.15) is 0 Å². The average Bonchev–Trinajstić information content (AvgIpc) is 2.52. The van der Waals surface area contributed by atoms with Crippen molar-refractivity contribution in [2.75, 3.05) is 18.0 Å². The molecule has 0 bridgehead atoms. The van der Waals surface area contributed by atoms with Crippen molar-refractivity contribution < 1.29 is 9.90 Å². The first-order valence-corrected chi connectivity index (χ1v) is 6.00. The van der Waals surface area contributed by atoms with E-state index in [2.05, 4.69) is 0 Å². The summed E-state index contributed by atoms with van der Waals surface area (Å²) in [4.78, 5) is 13.8. The molecule has 0 saturated carbocycles. The van der Waals surface area contributed by atoms with Crippen LogP contribution in [-0.4, -0.2) is 24.1 Å². The third-order valence-electron chi connectivity index (χ3n) is 3.24. The number of nitrogens with zero attached hydrogens (tertiary/aromatic N) is 1. The number of hydrogen-bond acceptors (Lipinski definition) is 3. The highest BCUT2D eigenvalue weighted by Crippen LogP contribution is 2.24. The number of phenolic OH excluding ortho intramolecular Hbond substituents is 1. The summed E-state index contributed by atoms with van der Waals surface area (Å²) < 4.78 is 0. The van der Waals surface area contributed by atoms with Crippen LogP contribution < -0.4 is 10.6 Å². The lowest BCUT2D eigenvalue weighted by Gasteiger charge is -2.24. The maximum absolute atomic E-state index is 12.0. The van der Waals surface area contributed by atoms with Gasteiger partial charge < -0.3 is 15.7 Å². The van der Waals surface area contributed by atoms with E-state index in [0.717, 1.165) is 18.5 Å². The predicted molar refractivity (Wildman–Crippen MR) is 66.9 cm³/mol. The number of anilines is 1. The van der Waals surface area contributed by atoms with Crippen LogP contribution in [0.4, 0.5) is 5.69 Å². The van der Waals surface area contributed by atoms with Crippen LogP contribution in [0.2, 0.25) is 0 Å². The molecular weight excluding hydrogens is 216 g/mol. The second kappa shape index (κ2) is 5.19. The minimum atomic E-state index is 0.145. The Labute approximate surface area is 101 Å². The second-order valence-corrected chi connectivity index (χ2v) is 4.51. The molecule has 3 N–H and O–H groups in total. The van der Waals surface area contributed by atoms with Crippen molar-refractivity contribution in [3.05, 3.63) is 24.3 Å². The van der Waals surface area contributed by atoms with E-state index in [1.165, 1.54) is 0 Å². The summed E-state index contributed by atoms with van der Waals surface area (Å²) in [7, 11) is 0. The van der Waals surface area contributed by atoms with Crippen molar-refractivity contribution in [3.8, 4) is 5.75 Å². The van der Waals surface area contributed by atoms with Gasteiger partial charge in [-0.25, -0.2) is 0 Å². The molecular formula is C13H18N2O2. The quantitative estimate of drug-likeness (QED) is 0.814. The molecule has 1 aliphatic heterocycles. The van der Waals surface area contributed by atoms with Crippen LogP contribution in [0.3, 0.4) is 0 Å². The van der Waals surface area contributed by atoms with E-state index in [0.29, 0.717) is 25.4 Å². The van der Waals surface area contributed by atoms with E-state index < -0.39 is 0 Å². The van der Waals surface area contributed by atoms with Crippen LogP contribution in [0.5, 0.6) is 5.75 Å². The lowest BCUT2D eigenvalue weighted by molar-refractivity contribution is -0.118. The molecule has 1 heterocycles. The van der Waals surface area contributed by atoms with E-state index in [4.69, 9.17) is 5.73 Å². The van der Waals surface area contributed by atoms with Gasteiger partial charge in [-0.05, 0) is 49.6 Å². The number of phenols is 1. The van der Waals surface area contributed by atoms with Crippen molar-refractivity contribution >= 4 is 11.6 Å². The van der Waals surface area contributed by atoms with Gasteiger partial charge in [0.05, 0.1) is 0 Å². The molecule has 92 valence electrons. The molecule has 1 aromatic carbocycles. The molecule has 0 spiro atoms.